The largest absolute Gasteiger partial charge is 0.369 e. The van der Waals surface area contributed by atoms with Crippen LogP contribution in [0.25, 0.3) is 11.2 Å². The van der Waals surface area contributed by atoms with Crippen LogP contribution in [0.2, 0.25) is 0 Å². The Labute approximate surface area is 108 Å². The number of hydrogen-bond donors (Lipinski definition) is 1. The fourth-order valence-corrected chi connectivity index (χ4v) is 2.68. The maximum absolute atomic E-state index is 5.99. The first kappa shape index (κ1) is 11.2. The molecule has 0 aliphatic carbocycles. The summed E-state index contributed by atoms with van der Waals surface area (Å²) in [5.41, 5.74) is 11.6. The molecule has 0 bridgehead atoms. The molecule has 0 atom stereocenters. The quantitative estimate of drug-likeness (QED) is 0.774. The highest BCUT2D eigenvalue weighted by molar-refractivity contribution is 7.07. The van der Waals surface area contributed by atoms with Crippen molar-refractivity contribution in [2.75, 3.05) is 5.73 Å². The van der Waals surface area contributed by atoms with Crippen molar-refractivity contribution in [1.29, 1.82) is 0 Å². The summed E-state index contributed by atoms with van der Waals surface area (Å²) in [6.45, 7) is 2.70. The van der Waals surface area contributed by atoms with Crippen LogP contribution in [0.3, 0.4) is 0 Å². The molecule has 2 N–H and O–H groups in total. The molecule has 0 aromatic carbocycles. The van der Waals surface area contributed by atoms with Crippen molar-refractivity contribution in [3.8, 4) is 0 Å². The molecule has 3 aromatic heterocycles. The number of anilines is 1. The lowest BCUT2D eigenvalue weighted by Crippen LogP contribution is -2.08. The lowest BCUT2D eigenvalue weighted by atomic mass is 10.3. The van der Waals surface area contributed by atoms with Gasteiger partial charge in [0.1, 0.15) is 5.52 Å². The topological polar surface area (TPSA) is 74.6 Å². The summed E-state index contributed by atoms with van der Waals surface area (Å²) < 4.78 is 3.79. The second-order valence-corrected chi connectivity index (χ2v) is 4.85. The maximum atomic E-state index is 5.99. The Kier molecular flexibility index (Phi) is 2.55. The van der Waals surface area contributed by atoms with Gasteiger partial charge in [0.15, 0.2) is 5.65 Å². The van der Waals surface area contributed by atoms with E-state index in [1.165, 1.54) is 0 Å². The molecular weight excluding hydrogens is 248 g/mol. The Morgan fingerprint density at radius 1 is 1.44 bits per heavy atom. The predicted octanol–water partition coefficient (Wildman–Crippen LogP) is 1.42. The van der Waals surface area contributed by atoms with Gasteiger partial charge < -0.3 is 5.73 Å². The molecule has 0 radical (unpaired) electrons. The van der Waals surface area contributed by atoms with Gasteiger partial charge in [-0.3, -0.25) is 9.25 Å². The van der Waals surface area contributed by atoms with E-state index >= 15 is 0 Å². The van der Waals surface area contributed by atoms with Gasteiger partial charge in [0.25, 0.3) is 0 Å². The van der Waals surface area contributed by atoms with Crippen LogP contribution in [0.5, 0.6) is 0 Å². The summed E-state index contributed by atoms with van der Waals surface area (Å²) in [5, 5.41) is 6.48. The Hall–Kier alpha value is -1.89. The van der Waals surface area contributed by atoms with Crippen molar-refractivity contribution in [2.45, 2.75) is 19.9 Å². The standard InChI is InChI=1S/C11H14N6S/c1-3-8-9-10(16(2)15-8)17(11(12)14-9)4-7-5-18-6-13-7/h5-6H,3-4H2,1-2H3,(H2,12,14). The number of rotatable bonds is 3. The number of nitrogen functional groups attached to an aromatic ring is 1. The van der Waals surface area contributed by atoms with Gasteiger partial charge in [0.05, 0.1) is 23.4 Å². The Morgan fingerprint density at radius 3 is 2.94 bits per heavy atom. The minimum atomic E-state index is 0.515. The van der Waals surface area contributed by atoms with Gasteiger partial charge in [-0.15, -0.1) is 11.3 Å². The minimum Gasteiger partial charge on any atom is -0.369 e. The highest BCUT2D eigenvalue weighted by Crippen LogP contribution is 2.22. The zero-order valence-corrected chi connectivity index (χ0v) is 11.1. The second kappa shape index (κ2) is 4.09. The van der Waals surface area contributed by atoms with Crippen LogP contribution in [-0.2, 0) is 20.0 Å². The molecule has 3 rings (SSSR count). The van der Waals surface area contributed by atoms with Crippen LogP contribution in [0.15, 0.2) is 10.9 Å². The third-order valence-electron chi connectivity index (χ3n) is 2.96. The fourth-order valence-electron chi connectivity index (χ4n) is 2.13. The molecule has 3 heterocycles. The maximum Gasteiger partial charge on any atom is 0.202 e. The van der Waals surface area contributed by atoms with E-state index in [-0.39, 0.29) is 0 Å². The highest BCUT2D eigenvalue weighted by atomic mass is 32.1. The normalized spacial score (nSPS) is 11.4. The number of aryl methyl sites for hydroxylation is 2. The van der Waals surface area contributed by atoms with E-state index in [9.17, 15) is 0 Å². The van der Waals surface area contributed by atoms with Crippen molar-refractivity contribution in [3.63, 3.8) is 0 Å². The lowest BCUT2D eigenvalue weighted by Gasteiger charge is -2.04. The van der Waals surface area contributed by atoms with E-state index in [1.54, 1.807) is 11.3 Å². The van der Waals surface area contributed by atoms with Crippen LogP contribution in [0, 0.1) is 0 Å². The lowest BCUT2D eigenvalue weighted by molar-refractivity contribution is 0.714. The molecule has 0 fully saturated rings. The molecule has 0 amide bonds. The van der Waals surface area contributed by atoms with Crippen molar-refractivity contribution < 1.29 is 0 Å². The summed E-state index contributed by atoms with van der Waals surface area (Å²) in [4.78, 5) is 8.70. The molecule has 6 nitrogen and oxygen atoms in total. The Morgan fingerprint density at radius 2 is 2.28 bits per heavy atom. The van der Waals surface area contributed by atoms with Gasteiger partial charge in [-0.05, 0) is 6.42 Å². The van der Waals surface area contributed by atoms with Crippen LogP contribution in [-0.4, -0.2) is 24.3 Å². The van der Waals surface area contributed by atoms with Crippen LogP contribution in [0.1, 0.15) is 18.3 Å². The second-order valence-electron chi connectivity index (χ2n) is 4.13. The summed E-state index contributed by atoms with van der Waals surface area (Å²) >= 11 is 1.58. The van der Waals surface area contributed by atoms with Crippen LogP contribution >= 0.6 is 11.3 Å². The van der Waals surface area contributed by atoms with Gasteiger partial charge in [-0.1, -0.05) is 6.92 Å². The van der Waals surface area contributed by atoms with Crippen molar-refractivity contribution >= 4 is 28.4 Å². The van der Waals surface area contributed by atoms with Crippen LogP contribution in [0.4, 0.5) is 5.95 Å². The SMILES string of the molecule is CCc1nn(C)c2c1nc(N)n2Cc1cscn1. The number of nitrogens with two attached hydrogens (primary N) is 1. The van der Waals surface area contributed by atoms with E-state index < -0.39 is 0 Å². The molecule has 94 valence electrons. The zero-order valence-electron chi connectivity index (χ0n) is 10.3. The van der Waals surface area contributed by atoms with Gasteiger partial charge in [-0.25, -0.2) is 9.97 Å². The van der Waals surface area contributed by atoms with Crippen LogP contribution < -0.4 is 5.73 Å². The van der Waals surface area contributed by atoms with Crippen molar-refractivity contribution in [1.82, 2.24) is 24.3 Å². The first-order valence-corrected chi connectivity index (χ1v) is 6.69. The van der Waals surface area contributed by atoms with E-state index in [1.807, 2.05) is 27.2 Å². The molecule has 0 unspecified atom stereocenters. The molecular formula is C11H14N6S. The smallest absolute Gasteiger partial charge is 0.202 e. The molecule has 18 heavy (non-hydrogen) atoms. The first-order chi connectivity index (χ1) is 8.70. The summed E-state index contributed by atoms with van der Waals surface area (Å²) in [5.74, 6) is 0.515. The van der Waals surface area contributed by atoms with Crippen molar-refractivity contribution in [2.24, 2.45) is 7.05 Å². The number of aromatic nitrogens is 5. The molecule has 0 aliphatic heterocycles. The van der Waals surface area contributed by atoms with E-state index in [0.717, 1.165) is 29.0 Å². The molecule has 0 aliphatic rings. The average molecular weight is 262 g/mol. The van der Waals surface area contributed by atoms with Gasteiger partial charge >= 0.3 is 0 Å². The third-order valence-corrected chi connectivity index (χ3v) is 3.59. The molecule has 0 saturated carbocycles. The number of hydrogen-bond acceptors (Lipinski definition) is 5. The average Bonchev–Trinajstić information content (AvgIpc) is 3.01. The first-order valence-electron chi connectivity index (χ1n) is 5.75. The molecule has 7 heteroatoms. The predicted molar refractivity (Wildman–Crippen MR) is 71.5 cm³/mol. The van der Waals surface area contributed by atoms with E-state index in [0.29, 0.717) is 12.5 Å². The van der Waals surface area contributed by atoms with Gasteiger partial charge in [0.2, 0.25) is 5.95 Å². The summed E-state index contributed by atoms with van der Waals surface area (Å²) in [6, 6.07) is 0. The number of imidazole rings is 1. The van der Waals surface area contributed by atoms with Crippen molar-refractivity contribution in [3.05, 3.63) is 22.3 Å². The fraction of sp³-hybridized carbons (Fsp3) is 0.364. The summed E-state index contributed by atoms with van der Waals surface area (Å²) in [7, 11) is 1.92. The monoisotopic (exact) mass is 262 g/mol. The van der Waals surface area contributed by atoms with E-state index in [2.05, 4.69) is 22.0 Å². The molecule has 3 aromatic rings. The highest BCUT2D eigenvalue weighted by Gasteiger charge is 2.17. The van der Waals surface area contributed by atoms with E-state index in [4.69, 9.17) is 5.73 Å². The third kappa shape index (κ3) is 1.59. The Bertz CT molecular complexity index is 678. The van der Waals surface area contributed by atoms with Gasteiger partial charge in [-0.2, -0.15) is 5.10 Å². The number of nitrogens with zero attached hydrogens (tertiary/aromatic N) is 5. The molecule has 0 spiro atoms. The number of thiazole rings is 1. The molecule has 0 saturated heterocycles. The number of fused-ring (bicyclic) bond motifs is 1. The summed E-state index contributed by atoms with van der Waals surface area (Å²) in [6.07, 6.45) is 0.852. The zero-order chi connectivity index (χ0) is 12.7. The Balaban J connectivity index is 2.16. The minimum absolute atomic E-state index is 0.515. The van der Waals surface area contributed by atoms with Gasteiger partial charge in [0, 0.05) is 12.4 Å².